The summed E-state index contributed by atoms with van der Waals surface area (Å²) in [5.74, 6) is -38.8. The van der Waals surface area contributed by atoms with Crippen LogP contribution in [0, 0.1) is 39.2 Å². The Morgan fingerprint density at radius 2 is 1.36 bits per heavy atom. The topological polar surface area (TPSA) is 83.2 Å². The first-order valence-electron chi connectivity index (χ1n) is 8.98. The van der Waals surface area contributed by atoms with Crippen LogP contribution in [0.3, 0.4) is 0 Å². The van der Waals surface area contributed by atoms with Gasteiger partial charge in [0.25, 0.3) is 11.6 Å². The quantitative estimate of drug-likeness (QED) is 0.165. The molecule has 0 N–H and O–H groups in total. The molecule has 190 valence electrons. The molecule has 0 radical (unpaired) electrons. The highest BCUT2D eigenvalue weighted by Gasteiger charge is 2.66. The number of alkyl halides is 1. The molecule has 0 amide bonds. The SMILES string of the molecule is O=[N+]([O-])c1cccc(C2=NOC3(O2)C(F)=C(F)C(F)(Oc2c(F)c(F)c(F)c(F)c2F)C(F)=C3F)c1. The second kappa shape index (κ2) is 8.13. The number of oxime groups is 1. The summed E-state index contributed by atoms with van der Waals surface area (Å²) < 4.78 is 150. The van der Waals surface area contributed by atoms with Gasteiger partial charge in [-0.25, -0.2) is 22.0 Å². The Balaban J connectivity index is 1.76. The number of rotatable bonds is 4. The van der Waals surface area contributed by atoms with Crippen molar-refractivity contribution in [3.05, 3.63) is 92.3 Å². The summed E-state index contributed by atoms with van der Waals surface area (Å²) >= 11 is 0. The molecular weight excluding hydrogens is 526 g/mol. The maximum atomic E-state index is 15.0. The summed E-state index contributed by atoms with van der Waals surface area (Å²) in [4.78, 5) is 14.2. The number of halogens is 10. The van der Waals surface area contributed by atoms with E-state index in [-0.39, 0.29) is 0 Å². The van der Waals surface area contributed by atoms with E-state index in [0.29, 0.717) is 0 Å². The number of nitro benzene ring substituents is 1. The number of nitrogens with zero attached hydrogens (tertiary/aromatic N) is 2. The van der Waals surface area contributed by atoms with Crippen molar-refractivity contribution in [1.82, 2.24) is 0 Å². The van der Waals surface area contributed by atoms with Gasteiger partial charge in [-0.05, 0) is 11.2 Å². The van der Waals surface area contributed by atoms with E-state index in [4.69, 9.17) is 0 Å². The van der Waals surface area contributed by atoms with E-state index in [1.54, 1.807) is 0 Å². The van der Waals surface area contributed by atoms with Gasteiger partial charge in [-0.2, -0.15) is 22.0 Å². The van der Waals surface area contributed by atoms with Gasteiger partial charge >= 0.3 is 11.6 Å². The zero-order valence-electron chi connectivity index (χ0n) is 16.5. The molecule has 0 unspecified atom stereocenters. The zero-order valence-corrected chi connectivity index (χ0v) is 16.5. The summed E-state index contributed by atoms with van der Waals surface area (Å²) in [5.41, 5.74) is -0.996. The fourth-order valence-electron chi connectivity index (χ4n) is 2.98. The molecule has 2 aromatic carbocycles. The summed E-state index contributed by atoms with van der Waals surface area (Å²) in [6.45, 7) is 0. The second-order valence-electron chi connectivity index (χ2n) is 6.87. The minimum Gasteiger partial charge on any atom is -0.440 e. The average molecular weight is 530 g/mol. The molecule has 4 rings (SSSR count). The van der Waals surface area contributed by atoms with Crippen molar-refractivity contribution < 1.29 is 63.1 Å². The molecule has 0 aromatic heterocycles. The van der Waals surface area contributed by atoms with Crippen molar-refractivity contribution in [3.8, 4) is 5.75 Å². The van der Waals surface area contributed by atoms with Crippen molar-refractivity contribution in [1.29, 1.82) is 0 Å². The van der Waals surface area contributed by atoms with E-state index in [0.717, 1.165) is 24.3 Å². The second-order valence-corrected chi connectivity index (χ2v) is 6.87. The average Bonchev–Trinajstić information content (AvgIpc) is 3.32. The number of hydrogen-bond acceptors (Lipinski definition) is 6. The molecule has 36 heavy (non-hydrogen) atoms. The number of benzene rings is 2. The monoisotopic (exact) mass is 530 g/mol. The van der Waals surface area contributed by atoms with Crippen LogP contribution in [0.1, 0.15) is 5.56 Å². The predicted octanol–water partition coefficient (Wildman–Crippen LogP) is 5.75. The highest BCUT2D eigenvalue weighted by molar-refractivity contribution is 5.95. The van der Waals surface area contributed by atoms with Gasteiger partial charge in [-0.3, -0.25) is 10.1 Å². The minimum atomic E-state index is -5.24. The molecule has 17 heteroatoms. The van der Waals surface area contributed by atoms with Crippen LogP contribution in [0.4, 0.5) is 49.6 Å². The molecule has 1 heterocycles. The number of non-ortho nitro benzene ring substituents is 1. The van der Waals surface area contributed by atoms with Crippen LogP contribution in [-0.2, 0) is 9.57 Å². The van der Waals surface area contributed by atoms with Crippen LogP contribution in [0.25, 0.3) is 0 Å². The lowest BCUT2D eigenvalue weighted by Crippen LogP contribution is -2.46. The largest absolute Gasteiger partial charge is 0.440 e. The third-order valence-corrected chi connectivity index (χ3v) is 4.74. The maximum Gasteiger partial charge on any atom is 0.389 e. The number of ether oxygens (including phenoxy) is 2. The van der Waals surface area contributed by atoms with Crippen molar-refractivity contribution in [2.45, 2.75) is 11.6 Å². The highest BCUT2D eigenvalue weighted by Crippen LogP contribution is 2.53. The number of hydrogen-bond donors (Lipinski definition) is 0. The first-order chi connectivity index (χ1) is 16.8. The lowest BCUT2D eigenvalue weighted by atomic mass is 10.00. The summed E-state index contributed by atoms with van der Waals surface area (Å²) in [7, 11) is 0. The first-order valence-corrected chi connectivity index (χ1v) is 8.98. The molecule has 7 nitrogen and oxygen atoms in total. The number of nitro groups is 1. The van der Waals surface area contributed by atoms with E-state index >= 15 is 4.39 Å². The smallest absolute Gasteiger partial charge is 0.389 e. The molecule has 0 saturated heterocycles. The normalized spacial score (nSPS) is 23.6. The van der Waals surface area contributed by atoms with Crippen LogP contribution < -0.4 is 4.74 Å². The van der Waals surface area contributed by atoms with Gasteiger partial charge in [0.2, 0.25) is 58.1 Å². The molecule has 1 aliphatic heterocycles. The van der Waals surface area contributed by atoms with Crippen LogP contribution >= 0.6 is 0 Å². The van der Waals surface area contributed by atoms with Gasteiger partial charge in [-0.1, -0.05) is 6.07 Å². The first kappa shape index (κ1) is 24.8. The third kappa shape index (κ3) is 3.33. The molecule has 0 saturated carbocycles. The summed E-state index contributed by atoms with van der Waals surface area (Å²) in [6.07, 6.45) is 0. The Hall–Kier alpha value is -4.31. The lowest BCUT2D eigenvalue weighted by molar-refractivity contribution is -0.384. The van der Waals surface area contributed by atoms with Crippen LogP contribution in [0.2, 0.25) is 0 Å². The zero-order chi connectivity index (χ0) is 26.7. The van der Waals surface area contributed by atoms with Gasteiger partial charge in [0.05, 0.1) is 4.92 Å². The maximum absolute atomic E-state index is 15.0. The molecular formula is C19H4F10N2O5. The van der Waals surface area contributed by atoms with Crippen LogP contribution in [-0.4, -0.2) is 22.5 Å². The third-order valence-electron chi connectivity index (χ3n) is 4.74. The molecule has 0 bridgehead atoms. The molecule has 2 aliphatic rings. The Kier molecular flexibility index (Phi) is 5.60. The highest BCUT2D eigenvalue weighted by atomic mass is 19.2. The molecule has 0 fully saturated rings. The summed E-state index contributed by atoms with van der Waals surface area (Å²) in [5, 5.41) is 13.9. The van der Waals surface area contributed by atoms with Crippen LogP contribution in [0.15, 0.2) is 52.7 Å². The lowest BCUT2D eigenvalue weighted by Gasteiger charge is -2.32. The van der Waals surface area contributed by atoms with Crippen molar-refractivity contribution >= 4 is 11.6 Å². The van der Waals surface area contributed by atoms with Crippen molar-refractivity contribution in [2.75, 3.05) is 0 Å². The predicted molar refractivity (Wildman–Crippen MR) is 93.7 cm³/mol. The van der Waals surface area contributed by atoms with E-state index < -0.39 is 91.9 Å². The van der Waals surface area contributed by atoms with Gasteiger partial charge in [-0.15, -0.1) is 0 Å². The molecule has 2 aromatic rings. The van der Waals surface area contributed by atoms with E-state index in [2.05, 4.69) is 19.5 Å². The Labute approximate surface area is 190 Å². The fraction of sp³-hybridized carbons (Fsp3) is 0.105. The van der Waals surface area contributed by atoms with Gasteiger partial charge < -0.3 is 14.3 Å². The van der Waals surface area contributed by atoms with Crippen molar-refractivity contribution in [3.63, 3.8) is 0 Å². The van der Waals surface area contributed by atoms with E-state index in [1.807, 2.05) is 0 Å². The molecule has 1 aliphatic carbocycles. The van der Waals surface area contributed by atoms with Gasteiger partial charge in [0.15, 0.2) is 0 Å². The van der Waals surface area contributed by atoms with Crippen molar-refractivity contribution in [2.24, 2.45) is 5.16 Å². The summed E-state index contributed by atoms with van der Waals surface area (Å²) in [6, 6.07) is 3.80. The minimum absolute atomic E-state index is 0.405. The van der Waals surface area contributed by atoms with Gasteiger partial charge in [0, 0.05) is 17.7 Å². The Bertz CT molecular complexity index is 1370. The van der Waals surface area contributed by atoms with E-state index in [9.17, 15) is 49.6 Å². The Morgan fingerprint density at radius 1 is 0.833 bits per heavy atom. The molecule has 0 atom stereocenters. The standard InChI is InChI=1S/C19H4F10N2O5/c20-7-8(21)10(23)12(11(24)9(7)22)34-18(29)13(25)15(27)19(16(28)14(18)26)35-17(30-36-19)5-2-1-3-6(4-5)31(32)33/h1-4H. The molecule has 1 spiro atoms. The van der Waals surface area contributed by atoms with E-state index in [1.165, 1.54) is 0 Å². The van der Waals surface area contributed by atoms with Gasteiger partial charge in [0.1, 0.15) is 0 Å². The Morgan fingerprint density at radius 3 is 1.89 bits per heavy atom. The fourth-order valence-corrected chi connectivity index (χ4v) is 2.98. The van der Waals surface area contributed by atoms with Crippen LogP contribution in [0.5, 0.6) is 5.75 Å².